The van der Waals surface area contributed by atoms with E-state index < -0.39 is 17.8 Å². The maximum atomic E-state index is 12.5. The molecule has 2 amide bonds. The molecule has 0 atom stereocenters. The van der Waals surface area contributed by atoms with Crippen molar-refractivity contribution in [3.63, 3.8) is 0 Å². The van der Waals surface area contributed by atoms with Gasteiger partial charge >= 0.3 is 5.97 Å². The second-order valence-electron chi connectivity index (χ2n) is 4.92. The first-order valence-electron chi connectivity index (χ1n) is 6.43. The highest BCUT2D eigenvalue weighted by Gasteiger charge is 2.39. The van der Waals surface area contributed by atoms with Crippen LogP contribution >= 0.6 is 11.6 Å². The normalized spacial score (nSPS) is 13.5. The molecule has 0 fully saturated rings. The van der Waals surface area contributed by atoms with E-state index in [0.29, 0.717) is 5.56 Å². The highest BCUT2D eigenvalue weighted by atomic mass is 35.5. The number of carbonyl (C=O) groups is 3. The quantitative estimate of drug-likeness (QED) is 0.864. The van der Waals surface area contributed by atoms with Gasteiger partial charge in [-0.1, -0.05) is 23.7 Å². The summed E-state index contributed by atoms with van der Waals surface area (Å²) in [6, 6.07) is 9.14. The van der Waals surface area contributed by atoms with Gasteiger partial charge in [-0.2, -0.15) is 0 Å². The van der Waals surface area contributed by atoms with Crippen LogP contribution in [0.3, 0.4) is 0 Å². The minimum Gasteiger partial charge on any atom is -0.478 e. The predicted molar refractivity (Wildman–Crippen MR) is 80.7 cm³/mol. The summed E-state index contributed by atoms with van der Waals surface area (Å²) in [5.41, 5.74) is 0.846. The SMILES string of the molecule is Cc1cc(Cl)cc(C(=O)O)c1N1C(=O)c2ccccc2C1=O. The number of carboxylic acid groups (broad SMARTS) is 1. The van der Waals surface area contributed by atoms with Gasteiger partial charge in [0.15, 0.2) is 0 Å². The molecule has 2 aromatic rings. The van der Waals surface area contributed by atoms with Crippen molar-refractivity contribution in [3.05, 3.63) is 63.7 Å². The fourth-order valence-corrected chi connectivity index (χ4v) is 2.86. The van der Waals surface area contributed by atoms with Gasteiger partial charge in [0.1, 0.15) is 0 Å². The van der Waals surface area contributed by atoms with Crippen molar-refractivity contribution in [2.45, 2.75) is 6.92 Å². The number of hydrogen-bond donors (Lipinski definition) is 1. The smallest absolute Gasteiger partial charge is 0.337 e. The van der Waals surface area contributed by atoms with Gasteiger partial charge in [-0.15, -0.1) is 0 Å². The van der Waals surface area contributed by atoms with Crippen molar-refractivity contribution < 1.29 is 19.5 Å². The minimum atomic E-state index is -1.25. The summed E-state index contributed by atoms with van der Waals surface area (Å²) in [5, 5.41) is 9.59. The molecule has 0 bridgehead atoms. The largest absolute Gasteiger partial charge is 0.478 e. The molecule has 5 nitrogen and oxygen atoms in total. The van der Waals surface area contributed by atoms with Crippen molar-refractivity contribution in [1.29, 1.82) is 0 Å². The van der Waals surface area contributed by atoms with E-state index in [1.165, 1.54) is 12.1 Å². The molecule has 0 saturated heterocycles. The number of imide groups is 1. The first kappa shape index (κ1) is 14.3. The van der Waals surface area contributed by atoms with E-state index in [-0.39, 0.29) is 27.4 Å². The number of benzene rings is 2. The molecule has 0 unspecified atom stereocenters. The number of fused-ring (bicyclic) bond motifs is 1. The second kappa shape index (κ2) is 4.96. The summed E-state index contributed by atoms with van der Waals surface area (Å²) in [4.78, 5) is 37.4. The van der Waals surface area contributed by atoms with Gasteiger partial charge in [0.2, 0.25) is 0 Å². The third kappa shape index (κ3) is 1.98. The van der Waals surface area contributed by atoms with Crippen molar-refractivity contribution >= 4 is 35.1 Å². The molecule has 110 valence electrons. The van der Waals surface area contributed by atoms with Crippen LogP contribution in [-0.2, 0) is 0 Å². The minimum absolute atomic E-state index is 0.0584. The van der Waals surface area contributed by atoms with Crippen LogP contribution in [0.1, 0.15) is 36.6 Å². The Kier molecular flexibility index (Phi) is 3.22. The molecule has 1 heterocycles. The van der Waals surface area contributed by atoms with Gasteiger partial charge in [-0.3, -0.25) is 9.59 Å². The molecule has 0 saturated carbocycles. The second-order valence-corrected chi connectivity index (χ2v) is 5.35. The number of hydrogen-bond acceptors (Lipinski definition) is 3. The summed E-state index contributed by atoms with van der Waals surface area (Å²) < 4.78 is 0. The number of halogens is 1. The number of carbonyl (C=O) groups excluding carboxylic acids is 2. The van der Waals surface area contributed by atoms with Gasteiger partial charge in [-0.25, -0.2) is 9.69 Å². The van der Waals surface area contributed by atoms with Crippen LogP contribution in [0.2, 0.25) is 5.02 Å². The lowest BCUT2D eigenvalue weighted by Gasteiger charge is -2.19. The fraction of sp³-hybridized carbons (Fsp3) is 0.0625. The number of nitrogens with zero attached hydrogens (tertiary/aromatic N) is 1. The Morgan fingerprint density at radius 2 is 1.64 bits per heavy atom. The fourth-order valence-electron chi connectivity index (χ4n) is 2.59. The number of carboxylic acids is 1. The van der Waals surface area contributed by atoms with E-state index in [0.717, 1.165) is 4.90 Å². The summed E-state index contributed by atoms with van der Waals surface area (Å²) in [6.07, 6.45) is 0. The van der Waals surface area contributed by atoms with Crippen molar-refractivity contribution in [1.82, 2.24) is 0 Å². The average molecular weight is 316 g/mol. The van der Waals surface area contributed by atoms with Gasteiger partial charge in [0.05, 0.1) is 22.4 Å². The lowest BCUT2D eigenvalue weighted by atomic mass is 10.1. The highest BCUT2D eigenvalue weighted by molar-refractivity contribution is 6.36. The molecule has 3 rings (SSSR count). The Bertz CT molecular complexity index is 809. The number of anilines is 1. The summed E-state index contributed by atoms with van der Waals surface area (Å²) in [7, 11) is 0. The number of rotatable bonds is 2. The highest BCUT2D eigenvalue weighted by Crippen LogP contribution is 2.35. The summed E-state index contributed by atoms with van der Waals surface area (Å²) >= 11 is 5.88. The molecule has 1 N–H and O–H groups in total. The van der Waals surface area contributed by atoms with Crippen LogP contribution in [-0.4, -0.2) is 22.9 Å². The Morgan fingerprint density at radius 1 is 1.09 bits per heavy atom. The van der Waals surface area contributed by atoms with Crippen LogP contribution in [0.4, 0.5) is 5.69 Å². The van der Waals surface area contributed by atoms with E-state index in [4.69, 9.17) is 11.6 Å². The molecule has 0 aliphatic carbocycles. The first-order chi connectivity index (χ1) is 10.4. The number of aryl methyl sites for hydroxylation is 1. The van der Waals surface area contributed by atoms with Crippen molar-refractivity contribution in [2.24, 2.45) is 0 Å². The maximum absolute atomic E-state index is 12.5. The molecule has 0 radical (unpaired) electrons. The lowest BCUT2D eigenvalue weighted by molar-refractivity contribution is 0.0697. The number of aromatic carboxylic acids is 1. The Hall–Kier alpha value is -2.66. The molecular weight excluding hydrogens is 306 g/mol. The Labute approximate surface area is 130 Å². The van der Waals surface area contributed by atoms with E-state index in [9.17, 15) is 19.5 Å². The predicted octanol–water partition coefficient (Wildman–Crippen LogP) is 3.15. The molecule has 0 spiro atoms. The molecule has 2 aromatic carbocycles. The van der Waals surface area contributed by atoms with Crippen LogP contribution in [0.15, 0.2) is 36.4 Å². The zero-order valence-electron chi connectivity index (χ0n) is 11.5. The average Bonchev–Trinajstić information content (AvgIpc) is 2.71. The van der Waals surface area contributed by atoms with Gasteiger partial charge < -0.3 is 5.11 Å². The van der Waals surface area contributed by atoms with E-state index in [1.54, 1.807) is 31.2 Å². The van der Waals surface area contributed by atoms with E-state index >= 15 is 0 Å². The van der Waals surface area contributed by atoms with Crippen LogP contribution in [0, 0.1) is 6.92 Å². The topological polar surface area (TPSA) is 74.7 Å². The third-order valence-electron chi connectivity index (χ3n) is 3.51. The van der Waals surface area contributed by atoms with Crippen molar-refractivity contribution in [3.8, 4) is 0 Å². The summed E-state index contributed by atoms with van der Waals surface area (Å²) in [5.74, 6) is -2.32. The molecule has 1 aliphatic heterocycles. The molecule has 0 aromatic heterocycles. The monoisotopic (exact) mass is 315 g/mol. The van der Waals surface area contributed by atoms with Gasteiger partial charge in [-0.05, 0) is 36.8 Å². The molecule has 22 heavy (non-hydrogen) atoms. The van der Waals surface area contributed by atoms with E-state index in [2.05, 4.69) is 0 Å². The number of amides is 2. The summed E-state index contributed by atoms with van der Waals surface area (Å²) in [6.45, 7) is 1.61. The van der Waals surface area contributed by atoms with Crippen LogP contribution in [0.5, 0.6) is 0 Å². The Balaban J connectivity index is 2.24. The molecular formula is C16H10ClNO4. The lowest BCUT2D eigenvalue weighted by Crippen LogP contribution is -2.31. The molecule has 6 heteroatoms. The van der Waals surface area contributed by atoms with Crippen molar-refractivity contribution in [2.75, 3.05) is 4.90 Å². The zero-order chi connectivity index (χ0) is 16.0. The van der Waals surface area contributed by atoms with E-state index in [1.807, 2.05) is 0 Å². The van der Waals surface area contributed by atoms with Crippen LogP contribution < -0.4 is 4.90 Å². The first-order valence-corrected chi connectivity index (χ1v) is 6.81. The molecule has 1 aliphatic rings. The standard InChI is InChI=1S/C16H10ClNO4/c1-8-6-9(17)7-12(16(21)22)13(8)18-14(19)10-4-2-3-5-11(10)15(18)20/h2-7H,1H3,(H,21,22). The zero-order valence-corrected chi connectivity index (χ0v) is 12.2. The third-order valence-corrected chi connectivity index (χ3v) is 3.73. The Morgan fingerprint density at radius 3 is 2.14 bits per heavy atom. The van der Waals surface area contributed by atoms with Gasteiger partial charge in [0, 0.05) is 5.02 Å². The van der Waals surface area contributed by atoms with Gasteiger partial charge in [0.25, 0.3) is 11.8 Å². The maximum Gasteiger partial charge on any atom is 0.337 e. The van der Waals surface area contributed by atoms with Crippen LogP contribution in [0.25, 0.3) is 0 Å².